The number of thioether (sulfide) groups is 1. The summed E-state index contributed by atoms with van der Waals surface area (Å²) < 4.78 is 0. The van der Waals surface area contributed by atoms with Crippen molar-refractivity contribution in [3.63, 3.8) is 0 Å². The average molecular weight is 248 g/mol. The number of carbonyl (C=O) groups excluding carboxylic acids is 1. The van der Waals surface area contributed by atoms with Crippen molar-refractivity contribution in [3.05, 3.63) is 29.8 Å². The van der Waals surface area contributed by atoms with Crippen molar-refractivity contribution in [2.24, 2.45) is 0 Å². The molecule has 1 aromatic rings. The molecule has 1 spiro atoms. The Morgan fingerprint density at radius 1 is 1.29 bits per heavy atom. The largest absolute Gasteiger partial charge is 0.337 e. The molecular formula is C13H16N2OS. The van der Waals surface area contributed by atoms with E-state index in [1.807, 2.05) is 30.0 Å². The Morgan fingerprint density at radius 3 is 2.76 bits per heavy atom. The van der Waals surface area contributed by atoms with E-state index in [2.05, 4.69) is 23.3 Å². The molecule has 3 nitrogen and oxygen atoms in total. The number of nitrogens with one attached hydrogen (secondary N) is 1. The van der Waals surface area contributed by atoms with E-state index in [-0.39, 0.29) is 10.8 Å². The van der Waals surface area contributed by atoms with Gasteiger partial charge in [0.05, 0.1) is 10.4 Å². The fourth-order valence-electron chi connectivity index (χ4n) is 2.46. The predicted octanol–water partition coefficient (Wildman–Crippen LogP) is 1.94. The second-order valence-electron chi connectivity index (χ2n) is 4.85. The van der Waals surface area contributed by atoms with Crippen molar-refractivity contribution in [1.29, 1.82) is 0 Å². The summed E-state index contributed by atoms with van der Waals surface area (Å²) in [4.78, 5) is 15.5. The molecule has 17 heavy (non-hydrogen) atoms. The second-order valence-corrected chi connectivity index (χ2v) is 6.28. The number of hydrogen-bond acceptors (Lipinski definition) is 3. The minimum atomic E-state index is -0.0715. The van der Waals surface area contributed by atoms with Gasteiger partial charge < -0.3 is 10.2 Å². The molecule has 0 bridgehead atoms. The van der Waals surface area contributed by atoms with E-state index in [9.17, 15) is 4.79 Å². The summed E-state index contributed by atoms with van der Waals surface area (Å²) in [5.41, 5.74) is 0.821. The van der Waals surface area contributed by atoms with Crippen molar-refractivity contribution in [2.45, 2.75) is 22.6 Å². The molecule has 2 aliphatic rings. The highest BCUT2D eigenvalue weighted by Gasteiger charge is 2.40. The number of benzene rings is 1. The zero-order valence-corrected chi connectivity index (χ0v) is 10.7. The van der Waals surface area contributed by atoms with Crippen LogP contribution in [0.2, 0.25) is 0 Å². The molecule has 0 radical (unpaired) electrons. The van der Waals surface area contributed by atoms with Crippen molar-refractivity contribution < 1.29 is 4.79 Å². The van der Waals surface area contributed by atoms with Crippen LogP contribution in [0.4, 0.5) is 0 Å². The molecule has 0 atom stereocenters. The molecule has 2 heterocycles. The summed E-state index contributed by atoms with van der Waals surface area (Å²) >= 11 is 1.83. The van der Waals surface area contributed by atoms with Crippen LogP contribution in [0.25, 0.3) is 0 Å². The lowest BCUT2D eigenvalue weighted by Gasteiger charge is -2.43. The quantitative estimate of drug-likeness (QED) is 0.761. The monoisotopic (exact) mass is 248 g/mol. The van der Waals surface area contributed by atoms with Crippen molar-refractivity contribution in [1.82, 2.24) is 10.2 Å². The van der Waals surface area contributed by atoms with Crippen LogP contribution < -0.4 is 5.32 Å². The van der Waals surface area contributed by atoms with E-state index in [4.69, 9.17) is 0 Å². The minimum Gasteiger partial charge on any atom is -0.337 e. The van der Waals surface area contributed by atoms with Crippen LogP contribution in [0.15, 0.2) is 29.2 Å². The smallest absolute Gasteiger partial charge is 0.253 e. The van der Waals surface area contributed by atoms with Crippen LogP contribution in [0.1, 0.15) is 23.2 Å². The van der Waals surface area contributed by atoms with E-state index < -0.39 is 0 Å². The van der Waals surface area contributed by atoms with Crippen LogP contribution in [-0.4, -0.2) is 35.8 Å². The minimum absolute atomic E-state index is 0.0715. The molecular weight excluding hydrogens is 232 g/mol. The maximum absolute atomic E-state index is 12.1. The third-order valence-corrected chi connectivity index (χ3v) is 5.05. The normalized spacial score (nSPS) is 23.2. The van der Waals surface area contributed by atoms with Gasteiger partial charge in [-0.2, -0.15) is 0 Å². The van der Waals surface area contributed by atoms with Gasteiger partial charge in [-0.1, -0.05) is 23.9 Å². The number of piperidine rings is 1. The van der Waals surface area contributed by atoms with Gasteiger partial charge >= 0.3 is 0 Å². The van der Waals surface area contributed by atoms with E-state index in [1.165, 1.54) is 0 Å². The highest BCUT2D eigenvalue weighted by Crippen LogP contribution is 2.43. The molecule has 4 heteroatoms. The van der Waals surface area contributed by atoms with Crippen LogP contribution in [0, 0.1) is 0 Å². The number of fused-ring (bicyclic) bond motifs is 1. The molecule has 0 unspecified atom stereocenters. The number of nitrogens with zero attached hydrogens (tertiary/aromatic N) is 1. The third kappa shape index (κ3) is 1.96. The van der Waals surface area contributed by atoms with E-state index in [1.54, 1.807) is 0 Å². The summed E-state index contributed by atoms with van der Waals surface area (Å²) in [6.07, 6.45) is 2.04. The number of carbonyl (C=O) groups is 1. The first-order valence-corrected chi connectivity index (χ1v) is 6.79. The fourth-order valence-corrected chi connectivity index (χ4v) is 3.83. The van der Waals surface area contributed by atoms with Gasteiger partial charge in [0.1, 0.15) is 0 Å². The molecule has 1 N–H and O–H groups in total. The number of hydrogen-bond donors (Lipinski definition) is 1. The van der Waals surface area contributed by atoms with Gasteiger partial charge in [0.25, 0.3) is 5.91 Å². The highest BCUT2D eigenvalue weighted by atomic mass is 32.2. The molecule has 0 saturated carbocycles. The maximum Gasteiger partial charge on any atom is 0.253 e. The molecule has 1 fully saturated rings. The van der Waals surface area contributed by atoms with Gasteiger partial charge in [0, 0.05) is 18.0 Å². The Labute approximate surface area is 106 Å². The lowest BCUT2D eigenvalue weighted by Crippen LogP contribution is -2.54. The van der Waals surface area contributed by atoms with Gasteiger partial charge in [0.2, 0.25) is 0 Å². The van der Waals surface area contributed by atoms with Crippen LogP contribution in [0.5, 0.6) is 0 Å². The number of rotatable bonds is 0. The first-order chi connectivity index (χ1) is 8.19. The summed E-state index contributed by atoms with van der Waals surface area (Å²) in [5.74, 6) is 0.0869. The zero-order chi connectivity index (χ0) is 11.9. The molecule has 0 aliphatic carbocycles. The molecule has 2 aliphatic heterocycles. The molecule has 1 aromatic carbocycles. The Bertz CT molecular complexity index is 452. The van der Waals surface area contributed by atoms with Crippen molar-refractivity contribution in [3.8, 4) is 0 Å². The second kappa shape index (κ2) is 4.03. The lowest BCUT2D eigenvalue weighted by molar-refractivity contribution is 0.0892. The van der Waals surface area contributed by atoms with E-state index in [0.29, 0.717) is 0 Å². The lowest BCUT2D eigenvalue weighted by atomic mass is 10.0. The van der Waals surface area contributed by atoms with Crippen LogP contribution >= 0.6 is 11.8 Å². The topological polar surface area (TPSA) is 32.3 Å². The molecule has 3 rings (SSSR count). The summed E-state index contributed by atoms with van der Waals surface area (Å²) in [6.45, 7) is 2.10. The van der Waals surface area contributed by atoms with Crippen molar-refractivity contribution in [2.75, 3.05) is 20.1 Å². The number of likely N-dealkylation sites (tertiary alicyclic amines) is 1. The zero-order valence-electron chi connectivity index (χ0n) is 9.90. The SMILES string of the molecule is CN1CCC2(CC1)NC(=O)c1ccccc1S2. The summed E-state index contributed by atoms with van der Waals surface area (Å²) in [6, 6.07) is 7.89. The predicted molar refractivity (Wildman–Crippen MR) is 69.2 cm³/mol. The van der Waals surface area contributed by atoms with Gasteiger partial charge in [0.15, 0.2) is 0 Å². The Balaban J connectivity index is 1.91. The molecule has 90 valence electrons. The van der Waals surface area contributed by atoms with Gasteiger partial charge in [-0.25, -0.2) is 0 Å². The van der Waals surface area contributed by atoms with E-state index in [0.717, 1.165) is 36.4 Å². The summed E-state index contributed by atoms with van der Waals surface area (Å²) in [5, 5.41) is 3.21. The third-order valence-electron chi connectivity index (χ3n) is 3.57. The number of amides is 1. The standard InChI is InChI=1S/C13H16N2OS/c1-15-8-6-13(7-9-15)14-12(16)10-4-2-3-5-11(10)17-13/h2-5H,6-9H2,1H3,(H,14,16). The van der Waals surface area contributed by atoms with Crippen molar-refractivity contribution >= 4 is 17.7 Å². The van der Waals surface area contributed by atoms with Gasteiger partial charge in [-0.15, -0.1) is 0 Å². The Kier molecular flexibility index (Phi) is 2.64. The van der Waals surface area contributed by atoms with Crippen LogP contribution in [0.3, 0.4) is 0 Å². The maximum atomic E-state index is 12.1. The molecule has 0 aromatic heterocycles. The molecule has 1 saturated heterocycles. The van der Waals surface area contributed by atoms with Gasteiger partial charge in [-0.05, 0) is 32.0 Å². The Morgan fingerprint density at radius 2 is 2.00 bits per heavy atom. The van der Waals surface area contributed by atoms with E-state index >= 15 is 0 Å². The average Bonchev–Trinajstić information content (AvgIpc) is 2.34. The highest BCUT2D eigenvalue weighted by molar-refractivity contribution is 8.00. The summed E-state index contributed by atoms with van der Waals surface area (Å²) in [7, 11) is 2.14. The Hall–Kier alpha value is -1.00. The van der Waals surface area contributed by atoms with Gasteiger partial charge in [-0.3, -0.25) is 4.79 Å². The first-order valence-electron chi connectivity index (χ1n) is 5.98. The first kappa shape index (κ1) is 11.1. The molecule has 1 amide bonds. The van der Waals surface area contributed by atoms with Crippen LogP contribution in [-0.2, 0) is 0 Å². The fraction of sp³-hybridized carbons (Fsp3) is 0.462.